The van der Waals surface area contributed by atoms with Crippen LogP contribution in [0.1, 0.15) is 6.42 Å². The van der Waals surface area contributed by atoms with Crippen molar-refractivity contribution in [2.75, 3.05) is 31.2 Å². The highest BCUT2D eigenvalue weighted by Gasteiger charge is 2.20. The monoisotopic (exact) mass is 233 g/mol. The van der Waals surface area contributed by atoms with Crippen LogP contribution in [0.25, 0.3) is 11.0 Å². The van der Waals surface area contributed by atoms with Crippen molar-refractivity contribution in [3.63, 3.8) is 0 Å². The Morgan fingerprint density at radius 3 is 3.18 bits per heavy atom. The number of fused-ring (bicyclic) bond motifs is 1. The van der Waals surface area contributed by atoms with Gasteiger partial charge in [-0.05, 0) is 20.0 Å². The van der Waals surface area contributed by atoms with Crippen LogP contribution in [-0.4, -0.2) is 51.2 Å². The third kappa shape index (κ3) is 1.89. The van der Waals surface area contributed by atoms with Crippen LogP contribution in [0, 0.1) is 0 Å². The molecule has 0 aromatic carbocycles. The first kappa shape index (κ1) is 10.3. The number of nitrogen functional groups attached to an aromatic ring is 1. The summed E-state index contributed by atoms with van der Waals surface area (Å²) in [5.74, 6) is 1.03. The Kier molecular flexibility index (Phi) is 2.32. The molecule has 4 N–H and O–H groups in total. The number of H-pyrrole nitrogens is 1. The molecule has 2 aromatic heterocycles. The number of nitrogens with two attached hydrogens (primary N) is 1. The molecule has 1 unspecified atom stereocenters. The summed E-state index contributed by atoms with van der Waals surface area (Å²) in [7, 11) is 2.11. The molecule has 1 aliphatic rings. The molecule has 3 rings (SSSR count). The van der Waals surface area contributed by atoms with Gasteiger partial charge in [-0.25, -0.2) is 0 Å². The van der Waals surface area contributed by atoms with E-state index >= 15 is 0 Å². The van der Waals surface area contributed by atoms with Crippen LogP contribution < -0.4 is 11.1 Å². The molecule has 1 aliphatic heterocycles. The van der Waals surface area contributed by atoms with Crippen LogP contribution in [0.5, 0.6) is 0 Å². The van der Waals surface area contributed by atoms with Gasteiger partial charge in [-0.1, -0.05) is 0 Å². The molecule has 0 saturated carbocycles. The Hall–Kier alpha value is -1.89. The fourth-order valence-corrected chi connectivity index (χ4v) is 2.21. The molecule has 17 heavy (non-hydrogen) atoms. The molecule has 0 amide bonds. The summed E-state index contributed by atoms with van der Waals surface area (Å²) in [6.07, 6.45) is 2.83. The van der Waals surface area contributed by atoms with Gasteiger partial charge in [-0.2, -0.15) is 15.1 Å². The lowest BCUT2D eigenvalue weighted by Crippen LogP contribution is -2.24. The van der Waals surface area contributed by atoms with Crippen LogP contribution in [0.4, 0.5) is 11.8 Å². The molecular formula is C10H15N7. The maximum atomic E-state index is 5.67. The molecule has 0 aliphatic carbocycles. The van der Waals surface area contributed by atoms with E-state index in [4.69, 9.17) is 5.73 Å². The highest BCUT2D eigenvalue weighted by atomic mass is 15.2. The molecule has 90 valence electrons. The van der Waals surface area contributed by atoms with E-state index in [-0.39, 0.29) is 5.95 Å². The van der Waals surface area contributed by atoms with Crippen molar-refractivity contribution in [1.29, 1.82) is 0 Å². The number of aromatic amines is 1. The molecule has 7 heteroatoms. The Morgan fingerprint density at radius 2 is 2.41 bits per heavy atom. The SMILES string of the molecule is CN1CCC(Nc2nc(N)nc3[nH]ncc23)C1. The number of nitrogens with zero attached hydrogens (tertiary/aromatic N) is 4. The van der Waals surface area contributed by atoms with Crippen molar-refractivity contribution in [3.05, 3.63) is 6.20 Å². The Labute approximate surface area is 98.4 Å². The second-order valence-electron chi connectivity index (χ2n) is 4.45. The van der Waals surface area contributed by atoms with Gasteiger partial charge < -0.3 is 16.0 Å². The Balaban J connectivity index is 1.91. The average Bonchev–Trinajstić information content (AvgIpc) is 2.87. The van der Waals surface area contributed by atoms with Crippen molar-refractivity contribution in [3.8, 4) is 0 Å². The van der Waals surface area contributed by atoms with Crippen molar-refractivity contribution in [1.82, 2.24) is 25.1 Å². The molecule has 1 atom stereocenters. The third-order valence-corrected chi connectivity index (χ3v) is 3.06. The molecule has 0 radical (unpaired) electrons. The fourth-order valence-electron chi connectivity index (χ4n) is 2.21. The lowest BCUT2D eigenvalue weighted by atomic mass is 10.2. The highest BCUT2D eigenvalue weighted by Crippen LogP contribution is 2.21. The van der Waals surface area contributed by atoms with Gasteiger partial charge in [0.15, 0.2) is 5.65 Å². The molecular weight excluding hydrogens is 218 g/mol. The first-order valence-corrected chi connectivity index (χ1v) is 5.64. The molecule has 1 saturated heterocycles. The van der Waals surface area contributed by atoms with Gasteiger partial charge in [0.25, 0.3) is 0 Å². The summed E-state index contributed by atoms with van der Waals surface area (Å²) < 4.78 is 0. The van der Waals surface area contributed by atoms with Crippen LogP contribution in [-0.2, 0) is 0 Å². The molecule has 0 spiro atoms. The van der Waals surface area contributed by atoms with Gasteiger partial charge in [0.05, 0.1) is 11.6 Å². The highest BCUT2D eigenvalue weighted by molar-refractivity contribution is 5.86. The van der Waals surface area contributed by atoms with Crippen LogP contribution >= 0.6 is 0 Å². The number of anilines is 2. The topological polar surface area (TPSA) is 95.7 Å². The molecule has 2 aromatic rings. The third-order valence-electron chi connectivity index (χ3n) is 3.06. The number of aromatic nitrogens is 4. The number of likely N-dealkylation sites (tertiary alicyclic amines) is 1. The number of likely N-dealkylation sites (N-methyl/N-ethyl adjacent to an activating group) is 1. The second kappa shape index (κ2) is 3.85. The summed E-state index contributed by atoms with van der Waals surface area (Å²) in [6.45, 7) is 2.12. The predicted octanol–water partition coefficient (Wildman–Crippen LogP) is 0.0511. The zero-order valence-electron chi connectivity index (χ0n) is 9.64. The van der Waals surface area contributed by atoms with E-state index in [2.05, 4.69) is 37.4 Å². The molecule has 1 fully saturated rings. The van der Waals surface area contributed by atoms with Crippen LogP contribution in [0.2, 0.25) is 0 Å². The van der Waals surface area contributed by atoms with E-state index in [1.807, 2.05) is 0 Å². The zero-order chi connectivity index (χ0) is 11.8. The lowest BCUT2D eigenvalue weighted by molar-refractivity contribution is 0.414. The van der Waals surface area contributed by atoms with Gasteiger partial charge in [0, 0.05) is 12.6 Å². The van der Waals surface area contributed by atoms with Crippen molar-refractivity contribution >= 4 is 22.8 Å². The largest absolute Gasteiger partial charge is 0.368 e. The summed E-state index contributed by atoms with van der Waals surface area (Å²) >= 11 is 0. The summed E-state index contributed by atoms with van der Waals surface area (Å²) in [5, 5.41) is 11.1. The standard InChI is InChI=1S/C10H15N7/c1-17-3-2-6(5-17)13-8-7-4-12-16-9(7)15-10(11)14-8/h4,6H,2-3,5H2,1H3,(H4,11,12,13,14,15,16). The normalized spacial score (nSPS) is 21.1. The van der Waals surface area contributed by atoms with Gasteiger partial charge in [-0.15, -0.1) is 0 Å². The van der Waals surface area contributed by atoms with Crippen molar-refractivity contribution in [2.24, 2.45) is 0 Å². The second-order valence-corrected chi connectivity index (χ2v) is 4.45. The fraction of sp³-hybridized carbons (Fsp3) is 0.500. The van der Waals surface area contributed by atoms with Crippen molar-refractivity contribution < 1.29 is 0 Å². The molecule has 0 bridgehead atoms. The van der Waals surface area contributed by atoms with Crippen LogP contribution in [0.3, 0.4) is 0 Å². The Morgan fingerprint density at radius 1 is 1.53 bits per heavy atom. The summed E-state index contributed by atoms with van der Waals surface area (Å²) in [5.41, 5.74) is 6.34. The number of rotatable bonds is 2. The van der Waals surface area contributed by atoms with E-state index in [0.29, 0.717) is 11.7 Å². The predicted molar refractivity (Wildman–Crippen MR) is 65.6 cm³/mol. The van der Waals surface area contributed by atoms with Crippen LogP contribution in [0.15, 0.2) is 6.20 Å². The molecule has 7 nitrogen and oxygen atoms in total. The first-order valence-electron chi connectivity index (χ1n) is 5.64. The number of nitrogens with one attached hydrogen (secondary N) is 2. The van der Waals surface area contributed by atoms with E-state index < -0.39 is 0 Å². The maximum Gasteiger partial charge on any atom is 0.224 e. The lowest BCUT2D eigenvalue weighted by Gasteiger charge is -2.14. The van der Waals surface area contributed by atoms with Gasteiger partial charge in [-0.3, -0.25) is 5.10 Å². The summed E-state index contributed by atoms with van der Waals surface area (Å²) in [4.78, 5) is 10.6. The van der Waals surface area contributed by atoms with Gasteiger partial charge in [0.2, 0.25) is 5.95 Å². The first-order chi connectivity index (χ1) is 8.22. The van der Waals surface area contributed by atoms with E-state index in [9.17, 15) is 0 Å². The van der Waals surface area contributed by atoms with E-state index in [1.165, 1.54) is 0 Å². The molecule has 3 heterocycles. The maximum absolute atomic E-state index is 5.67. The average molecular weight is 233 g/mol. The zero-order valence-corrected chi connectivity index (χ0v) is 9.64. The minimum atomic E-state index is 0.260. The minimum Gasteiger partial charge on any atom is -0.368 e. The number of hydrogen-bond donors (Lipinski definition) is 3. The van der Waals surface area contributed by atoms with Crippen molar-refractivity contribution in [2.45, 2.75) is 12.5 Å². The smallest absolute Gasteiger partial charge is 0.224 e. The number of hydrogen-bond acceptors (Lipinski definition) is 6. The minimum absolute atomic E-state index is 0.260. The summed E-state index contributed by atoms with van der Waals surface area (Å²) in [6, 6.07) is 0.410. The van der Waals surface area contributed by atoms with E-state index in [1.54, 1.807) is 6.20 Å². The Bertz CT molecular complexity index is 534. The van der Waals surface area contributed by atoms with Gasteiger partial charge in [0.1, 0.15) is 5.82 Å². The van der Waals surface area contributed by atoms with Gasteiger partial charge >= 0.3 is 0 Å². The quantitative estimate of drug-likeness (QED) is 0.678. The van der Waals surface area contributed by atoms with E-state index in [0.717, 1.165) is 30.7 Å².